The number of nitrogens with zero attached hydrogens (tertiary/aromatic N) is 2. The van der Waals surface area contributed by atoms with Gasteiger partial charge in [0.2, 0.25) is 0 Å². The zero-order valence-electron chi connectivity index (χ0n) is 15.8. The summed E-state index contributed by atoms with van der Waals surface area (Å²) in [4.78, 5) is 4.96. The van der Waals surface area contributed by atoms with E-state index in [-0.39, 0.29) is 5.92 Å². The second-order valence-electron chi connectivity index (χ2n) is 6.65. The molecule has 3 nitrogen and oxygen atoms in total. The summed E-state index contributed by atoms with van der Waals surface area (Å²) in [5.41, 5.74) is 8.82. The minimum atomic E-state index is -0.0263. The third-order valence-corrected chi connectivity index (χ3v) is 4.98. The van der Waals surface area contributed by atoms with Crippen LogP contribution in [0.4, 0.5) is 0 Å². The van der Waals surface area contributed by atoms with E-state index in [9.17, 15) is 5.26 Å². The number of rotatable bonds is 7. The average Bonchev–Trinajstić information content (AvgIpc) is 2.72. The van der Waals surface area contributed by atoms with Gasteiger partial charge < -0.3 is 5.73 Å². The average molecular weight is 355 g/mol. The van der Waals surface area contributed by atoms with E-state index in [0.29, 0.717) is 12.1 Å². The zero-order chi connectivity index (χ0) is 19.2. The Balaban J connectivity index is 2.44. The van der Waals surface area contributed by atoms with Crippen molar-refractivity contribution in [2.24, 2.45) is 16.6 Å². The molecule has 0 saturated heterocycles. The summed E-state index contributed by atoms with van der Waals surface area (Å²) >= 11 is 0. The van der Waals surface area contributed by atoms with E-state index < -0.39 is 0 Å². The first-order valence-electron chi connectivity index (χ1n) is 9.47. The number of nitrogens with two attached hydrogens (primary N) is 1. The summed E-state index contributed by atoms with van der Waals surface area (Å²) < 4.78 is 0. The molecule has 0 spiro atoms. The Labute approximate surface area is 160 Å². The normalized spacial score (nSPS) is 12.9. The highest BCUT2D eigenvalue weighted by Gasteiger charge is 2.21. The van der Waals surface area contributed by atoms with Crippen LogP contribution in [0, 0.1) is 17.2 Å². The molecule has 1 atom stereocenters. The third-order valence-electron chi connectivity index (χ3n) is 4.98. The van der Waals surface area contributed by atoms with Crippen molar-refractivity contribution in [1.29, 1.82) is 5.26 Å². The molecular weight excluding hydrogens is 330 g/mol. The van der Waals surface area contributed by atoms with Crippen molar-refractivity contribution in [3.8, 4) is 6.07 Å². The highest BCUT2D eigenvalue weighted by atomic mass is 14.8. The van der Waals surface area contributed by atoms with Crippen LogP contribution in [-0.2, 0) is 0 Å². The lowest BCUT2D eigenvalue weighted by Gasteiger charge is -2.20. The van der Waals surface area contributed by atoms with E-state index in [4.69, 9.17) is 10.7 Å². The van der Waals surface area contributed by atoms with Gasteiger partial charge in [-0.3, -0.25) is 4.99 Å². The van der Waals surface area contributed by atoms with Gasteiger partial charge in [-0.15, -0.1) is 6.58 Å². The van der Waals surface area contributed by atoms with Crippen molar-refractivity contribution in [2.45, 2.75) is 19.8 Å². The van der Waals surface area contributed by atoms with Crippen molar-refractivity contribution in [3.63, 3.8) is 0 Å². The summed E-state index contributed by atoms with van der Waals surface area (Å²) in [6, 6.07) is 18.5. The highest BCUT2D eigenvalue weighted by Crippen LogP contribution is 2.34. The van der Waals surface area contributed by atoms with E-state index in [2.05, 4.69) is 31.7 Å². The highest BCUT2D eigenvalue weighted by molar-refractivity contribution is 6.23. The molecule has 3 rings (SSSR count). The number of hydrogen-bond acceptors (Lipinski definition) is 3. The molecule has 0 heterocycles. The molecule has 2 N–H and O–H groups in total. The zero-order valence-corrected chi connectivity index (χ0v) is 15.8. The van der Waals surface area contributed by atoms with E-state index in [1.54, 1.807) is 0 Å². The molecule has 0 aliphatic rings. The molecule has 0 aromatic heterocycles. The van der Waals surface area contributed by atoms with Crippen LogP contribution in [0.1, 0.15) is 30.9 Å². The van der Waals surface area contributed by atoms with E-state index in [0.717, 1.165) is 52.2 Å². The minimum Gasteiger partial charge on any atom is -0.329 e. The van der Waals surface area contributed by atoms with E-state index in [1.165, 1.54) is 0 Å². The van der Waals surface area contributed by atoms with Gasteiger partial charge in [0.05, 0.1) is 11.3 Å². The Morgan fingerprint density at radius 1 is 1.11 bits per heavy atom. The maximum atomic E-state index is 9.82. The topological polar surface area (TPSA) is 62.2 Å². The number of hydrogen-bond donors (Lipinski definition) is 1. The molecule has 3 aromatic rings. The molecule has 3 aromatic carbocycles. The monoisotopic (exact) mass is 355 g/mol. The maximum absolute atomic E-state index is 9.82. The Morgan fingerprint density at radius 2 is 1.67 bits per heavy atom. The Hall–Kier alpha value is -2.96. The van der Waals surface area contributed by atoms with Crippen molar-refractivity contribution in [1.82, 2.24) is 0 Å². The van der Waals surface area contributed by atoms with Crippen LogP contribution in [0.2, 0.25) is 0 Å². The lowest BCUT2D eigenvalue weighted by Crippen LogP contribution is -2.23. The van der Waals surface area contributed by atoms with Gasteiger partial charge in [0, 0.05) is 35.3 Å². The van der Waals surface area contributed by atoms with Crippen molar-refractivity contribution >= 4 is 27.3 Å². The van der Waals surface area contributed by atoms with Gasteiger partial charge in [-0.25, -0.2) is 0 Å². The molecule has 3 heteroatoms. The Bertz CT molecular complexity index is 984. The van der Waals surface area contributed by atoms with Crippen LogP contribution in [0.25, 0.3) is 21.5 Å². The predicted octanol–water partition coefficient (Wildman–Crippen LogP) is 5.21. The summed E-state index contributed by atoms with van der Waals surface area (Å²) in [5.74, 6) is -0.0263. The fraction of sp³-hybridized carbons (Fsp3) is 0.250. The number of aliphatic imine (C=N–C) groups is 1. The third kappa shape index (κ3) is 3.49. The van der Waals surface area contributed by atoms with Gasteiger partial charge in [-0.2, -0.15) is 5.26 Å². The molecule has 0 fully saturated rings. The van der Waals surface area contributed by atoms with Gasteiger partial charge in [0.25, 0.3) is 0 Å². The Kier molecular flexibility index (Phi) is 6.01. The molecule has 0 bridgehead atoms. The summed E-state index contributed by atoms with van der Waals surface area (Å²) in [5, 5.41) is 13.8. The first-order chi connectivity index (χ1) is 13.3. The number of unbranched alkanes of at least 4 members (excludes halogenated alkanes) is 1. The number of fused-ring (bicyclic) bond motifs is 2. The fourth-order valence-electron chi connectivity index (χ4n) is 3.58. The van der Waals surface area contributed by atoms with E-state index >= 15 is 0 Å². The molecule has 0 aliphatic heterocycles. The maximum Gasteiger partial charge on any atom is 0.100 e. The quantitative estimate of drug-likeness (QED) is 0.273. The van der Waals surface area contributed by atoms with Gasteiger partial charge in [0.1, 0.15) is 6.07 Å². The molecule has 0 saturated carbocycles. The second kappa shape index (κ2) is 8.62. The molecule has 0 radical (unpaired) electrons. The van der Waals surface area contributed by atoms with Crippen LogP contribution in [-0.4, -0.2) is 18.8 Å². The van der Waals surface area contributed by atoms with Gasteiger partial charge in [0.15, 0.2) is 0 Å². The van der Waals surface area contributed by atoms with Crippen LogP contribution < -0.4 is 5.73 Å². The Morgan fingerprint density at radius 3 is 2.11 bits per heavy atom. The van der Waals surface area contributed by atoms with Crippen molar-refractivity contribution < 1.29 is 0 Å². The largest absolute Gasteiger partial charge is 0.329 e. The summed E-state index contributed by atoms with van der Waals surface area (Å²) in [6.07, 6.45) is 4.00. The minimum absolute atomic E-state index is 0.0263. The van der Waals surface area contributed by atoms with Crippen molar-refractivity contribution in [2.75, 3.05) is 13.1 Å². The van der Waals surface area contributed by atoms with Gasteiger partial charge >= 0.3 is 0 Å². The van der Waals surface area contributed by atoms with Crippen LogP contribution in [0.3, 0.4) is 0 Å². The second-order valence-corrected chi connectivity index (χ2v) is 6.65. The lowest BCUT2D eigenvalue weighted by molar-refractivity contribution is 0.792. The fourth-order valence-corrected chi connectivity index (χ4v) is 3.58. The lowest BCUT2D eigenvalue weighted by atomic mass is 9.86. The van der Waals surface area contributed by atoms with Gasteiger partial charge in [-0.05, 0) is 17.2 Å². The standard InChI is InChI=1S/C24H25N3/c1-3-5-14-27-24(17(4-2)15-25)23-20-12-8-6-10-18(20)22(16-26)19-11-7-9-13-21(19)23/h4,6-13,17H,2-3,5,14-15,25H2,1H3. The molecule has 136 valence electrons. The van der Waals surface area contributed by atoms with Gasteiger partial charge in [-0.1, -0.05) is 68.0 Å². The van der Waals surface area contributed by atoms with Crippen LogP contribution in [0.15, 0.2) is 66.2 Å². The first kappa shape index (κ1) is 18.8. The molecule has 0 amide bonds. The summed E-state index contributed by atoms with van der Waals surface area (Å²) in [6.45, 7) is 7.37. The van der Waals surface area contributed by atoms with Crippen LogP contribution >= 0.6 is 0 Å². The molecule has 27 heavy (non-hydrogen) atoms. The van der Waals surface area contributed by atoms with E-state index in [1.807, 2.05) is 42.5 Å². The molecular formula is C24H25N3. The molecule has 0 aliphatic carbocycles. The molecule has 1 unspecified atom stereocenters. The smallest absolute Gasteiger partial charge is 0.100 e. The van der Waals surface area contributed by atoms with Crippen LogP contribution in [0.5, 0.6) is 0 Å². The van der Waals surface area contributed by atoms with Crippen molar-refractivity contribution in [3.05, 3.63) is 72.3 Å². The number of nitriles is 1. The predicted molar refractivity (Wildman–Crippen MR) is 115 cm³/mol. The first-order valence-corrected chi connectivity index (χ1v) is 9.47. The summed E-state index contributed by atoms with van der Waals surface area (Å²) in [7, 11) is 0. The number of benzene rings is 3. The SMILES string of the molecule is C=CC(CN)C(=NCCCC)c1c2ccccc2c(C#N)c2ccccc12.